The minimum absolute atomic E-state index is 0.775. The zero-order valence-electron chi connectivity index (χ0n) is 12.5. The van der Waals surface area contributed by atoms with Crippen molar-refractivity contribution in [1.29, 1.82) is 0 Å². The normalized spacial score (nSPS) is 10.7. The Balaban J connectivity index is 2.16. The molecule has 1 N–H and O–H groups in total. The SMILES string of the molecule is OOC(C#Cc1ccccc1)(c1ccccc1)c1ccccc1. The third-order valence-corrected chi connectivity index (χ3v) is 3.65. The molecule has 23 heavy (non-hydrogen) atoms. The highest BCUT2D eigenvalue weighted by molar-refractivity contribution is 5.47. The zero-order chi connectivity index (χ0) is 16.0. The van der Waals surface area contributed by atoms with Crippen molar-refractivity contribution < 1.29 is 10.1 Å². The van der Waals surface area contributed by atoms with Crippen LogP contribution in [0.15, 0.2) is 91.0 Å². The van der Waals surface area contributed by atoms with Crippen molar-refractivity contribution in [2.24, 2.45) is 0 Å². The van der Waals surface area contributed by atoms with Crippen LogP contribution >= 0.6 is 0 Å². The van der Waals surface area contributed by atoms with Gasteiger partial charge in [0.15, 0.2) is 0 Å². The summed E-state index contributed by atoms with van der Waals surface area (Å²) in [6.45, 7) is 0. The van der Waals surface area contributed by atoms with E-state index >= 15 is 0 Å². The molecule has 0 heterocycles. The molecule has 0 atom stereocenters. The molecule has 0 spiro atoms. The molecule has 0 radical (unpaired) electrons. The molecule has 0 aliphatic heterocycles. The van der Waals surface area contributed by atoms with Crippen LogP contribution in [0.4, 0.5) is 0 Å². The van der Waals surface area contributed by atoms with E-state index in [9.17, 15) is 5.26 Å². The van der Waals surface area contributed by atoms with Gasteiger partial charge in [-0.3, -0.25) is 0 Å². The largest absolute Gasteiger partial charge is 0.250 e. The molecule has 0 fully saturated rings. The molecule has 2 heteroatoms. The summed E-state index contributed by atoms with van der Waals surface area (Å²) >= 11 is 0. The lowest BCUT2D eigenvalue weighted by Gasteiger charge is -2.26. The van der Waals surface area contributed by atoms with Gasteiger partial charge in [-0.15, -0.1) is 0 Å². The van der Waals surface area contributed by atoms with Crippen molar-refractivity contribution in [2.45, 2.75) is 5.60 Å². The summed E-state index contributed by atoms with van der Waals surface area (Å²) in [6, 6.07) is 28.6. The Bertz CT molecular complexity index is 760. The molecule has 0 saturated carbocycles. The fourth-order valence-corrected chi connectivity index (χ4v) is 2.47. The number of hydrogen-bond acceptors (Lipinski definition) is 2. The van der Waals surface area contributed by atoms with E-state index in [2.05, 4.69) is 11.8 Å². The topological polar surface area (TPSA) is 29.5 Å². The third kappa shape index (κ3) is 3.17. The quantitative estimate of drug-likeness (QED) is 0.439. The van der Waals surface area contributed by atoms with Crippen LogP contribution in [0.5, 0.6) is 0 Å². The van der Waals surface area contributed by atoms with Crippen LogP contribution in [0.1, 0.15) is 16.7 Å². The van der Waals surface area contributed by atoms with E-state index in [4.69, 9.17) is 4.89 Å². The van der Waals surface area contributed by atoms with Gasteiger partial charge in [-0.25, -0.2) is 10.1 Å². The van der Waals surface area contributed by atoms with E-state index in [1.165, 1.54) is 0 Å². The minimum Gasteiger partial charge on any atom is -0.250 e. The van der Waals surface area contributed by atoms with Crippen molar-refractivity contribution in [1.82, 2.24) is 0 Å². The number of hydrogen-bond donors (Lipinski definition) is 1. The van der Waals surface area contributed by atoms with E-state index < -0.39 is 5.60 Å². The lowest BCUT2D eigenvalue weighted by atomic mass is 9.86. The van der Waals surface area contributed by atoms with E-state index in [-0.39, 0.29) is 0 Å². The molecule has 0 unspecified atom stereocenters. The summed E-state index contributed by atoms with van der Waals surface area (Å²) in [6.07, 6.45) is 0. The Hall–Kier alpha value is -2.86. The van der Waals surface area contributed by atoms with Crippen LogP contribution in [0, 0.1) is 11.8 Å². The van der Waals surface area contributed by atoms with E-state index in [1.807, 2.05) is 91.0 Å². The number of rotatable bonds is 3. The van der Waals surface area contributed by atoms with E-state index in [0.717, 1.165) is 16.7 Å². The fraction of sp³-hybridized carbons (Fsp3) is 0.0476. The molecule has 0 aliphatic rings. The maximum atomic E-state index is 9.76. The molecule has 3 rings (SSSR count). The summed E-state index contributed by atoms with van der Waals surface area (Å²) in [5.74, 6) is 6.21. The third-order valence-electron chi connectivity index (χ3n) is 3.65. The maximum absolute atomic E-state index is 9.76. The summed E-state index contributed by atoms with van der Waals surface area (Å²) in [5.41, 5.74) is 1.19. The lowest BCUT2D eigenvalue weighted by Crippen LogP contribution is -2.28. The first-order valence-electron chi connectivity index (χ1n) is 7.37. The smallest absolute Gasteiger partial charge is 0.214 e. The van der Waals surface area contributed by atoms with Crippen LogP contribution < -0.4 is 0 Å². The second kappa shape index (κ2) is 6.93. The molecule has 112 valence electrons. The molecular formula is C21H16O2. The van der Waals surface area contributed by atoms with Gasteiger partial charge >= 0.3 is 0 Å². The highest BCUT2D eigenvalue weighted by atomic mass is 17.1. The Labute approximate surface area is 135 Å². The van der Waals surface area contributed by atoms with Gasteiger partial charge in [0.2, 0.25) is 5.60 Å². The van der Waals surface area contributed by atoms with Gasteiger partial charge in [0.05, 0.1) is 0 Å². The van der Waals surface area contributed by atoms with Crippen LogP contribution in [0.2, 0.25) is 0 Å². The van der Waals surface area contributed by atoms with Gasteiger partial charge in [0.25, 0.3) is 0 Å². The second-order valence-corrected chi connectivity index (χ2v) is 5.12. The molecule has 3 aromatic carbocycles. The monoisotopic (exact) mass is 300 g/mol. The van der Waals surface area contributed by atoms with Crippen LogP contribution in [0.25, 0.3) is 0 Å². The van der Waals surface area contributed by atoms with E-state index in [0.29, 0.717) is 0 Å². The molecule has 0 bridgehead atoms. The maximum Gasteiger partial charge on any atom is 0.214 e. The van der Waals surface area contributed by atoms with Crippen molar-refractivity contribution in [3.8, 4) is 11.8 Å². The van der Waals surface area contributed by atoms with Gasteiger partial charge in [-0.1, -0.05) is 84.8 Å². The predicted octanol–water partition coefficient (Wildman–Crippen LogP) is 4.47. The van der Waals surface area contributed by atoms with Crippen molar-refractivity contribution >= 4 is 0 Å². The highest BCUT2D eigenvalue weighted by Gasteiger charge is 2.34. The van der Waals surface area contributed by atoms with E-state index in [1.54, 1.807) is 0 Å². The zero-order valence-corrected chi connectivity index (χ0v) is 12.5. The van der Waals surface area contributed by atoms with Gasteiger partial charge in [0, 0.05) is 16.7 Å². The molecule has 0 aromatic heterocycles. The van der Waals surface area contributed by atoms with Crippen LogP contribution in [-0.4, -0.2) is 5.26 Å². The first kappa shape index (κ1) is 15.1. The Morgan fingerprint density at radius 1 is 0.652 bits per heavy atom. The Morgan fingerprint density at radius 3 is 1.52 bits per heavy atom. The van der Waals surface area contributed by atoms with Crippen LogP contribution in [0.3, 0.4) is 0 Å². The average molecular weight is 300 g/mol. The van der Waals surface area contributed by atoms with Crippen molar-refractivity contribution in [3.63, 3.8) is 0 Å². The molecular weight excluding hydrogens is 284 g/mol. The second-order valence-electron chi connectivity index (χ2n) is 5.12. The fourth-order valence-electron chi connectivity index (χ4n) is 2.47. The van der Waals surface area contributed by atoms with Crippen molar-refractivity contribution in [2.75, 3.05) is 0 Å². The molecule has 0 amide bonds. The Kier molecular flexibility index (Phi) is 4.54. The van der Waals surface area contributed by atoms with Crippen LogP contribution in [-0.2, 0) is 10.5 Å². The van der Waals surface area contributed by atoms with Gasteiger partial charge in [-0.2, -0.15) is 0 Å². The van der Waals surface area contributed by atoms with Gasteiger partial charge in [0.1, 0.15) is 0 Å². The number of benzene rings is 3. The average Bonchev–Trinajstić information content (AvgIpc) is 2.65. The summed E-state index contributed by atoms with van der Waals surface area (Å²) in [7, 11) is 0. The minimum atomic E-state index is -1.22. The van der Waals surface area contributed by atoms with Gasteiger partial charge < -0.3 is 0 Å². The molecule has 2 nitrogen and oxygen atoms in total. The molecule has 3 aromatic rings. The highest BCUT2D eigenvalue weighted by Crippen LogP contribution is 2.32. The first-order valence-corrected chi connectivity index (χ1v) is 7.37. The molecule has 0 saturated heterocycles. The summed E-state index contributed by atoms with van der Waals surface area (Å²) in [5, 5.41) is 9.76. The van der Waals surface area contributed by atoms with Crippen molar-refractivity contribution in [3.05, 3.63) is 108 Å². The lowest BCUT2D eigenvalue weighted by molar-refractivity contribution is -0.296. The predicted molar refractivity (Wildman–Crippen MR) is 90.7 cm³/mol. The standard InChI is InChI=1S/C21H16O2/c22-23-21(19-12-6-2-7-13-19,20-14-8-3-9-15-20)17-16-18-10-4-1-5-11-18/h1-15,22H. The summed E-state index contributed by atoms with van der Waals surface area (Å²) in [4.78, 5) is 4.96. The first-order chi connectivity index (χ1) is 11.3. The summed E-state index contributed by atoms with van der Waals surface area (Å²) < 4.78 is 0. The van der Waals surface area contributed by atoms with Gasteiger partial charge in [-0.05, 0) is 18.1 Å². The Morgan fingerprint density at radius 2 is 1.09 bits per heavy atom. The molecule has 0 aliphatic carbocycles.